The first kappa shape index (κ1) is 37.8. The topological polar surface area (TPSA) is 165 Å². The van der Waals surface area contributed by atoms with E-state index in [1.165, 1.54) is 0 Å². The first-order valence-electron chi connectivity index (χ1n) is 18.1. The third kappa shape index (κ3) is 9.41. The number of ether oxygens (including phenoxy) is 1. The molecule has 0 unspecified atom stereocenters. The van der Waals surface area contributed by atoms with Crippen molar-refractivity contribution in [3.8, 4) is 22.9 Å². The number of carbonyl (C=O) groups is 3. The van der Waals surface area contributed by atoms with Crippen molar-refractivity contribution in [2.75, 3.05) is 21.3 Å². The van der Waals surface area contributed by atoms with Gasteiger partial charge in [-0.05, 0) is 97.3 Å². The Hall–Kier alpha value is -7.54. The average Bonchev–Trinajstić information content (AvgIpc) is 3.86. The third-order valence-corrected chi connectivity index (χ3v) is 9.23. The quantitative estimate of drug-likeness (QED) is 0.0957. The van der Waals surface area contributed by atoms with E-state index in [4.69, 9.17) is 9.26 Å². The SMILES string of the molecule is Cc1ccc(C(=O)Nc2cccc(-c3nccn3C)c2)cc1NC(=O)c1ccc(CC(C)(C)c2cc(NC(=O)Nc3ccc(Oc4ccncc4)cc3)no2)cc1. The maximum Gasteiger partial charge on any atom is 0.324 e. The van der Waals surface area contributed by atoms with E-state index in [-0.39, 0.29) is 17.6 Å². The number of nitrogens with zero attached hydrogens (tertiary/aromatic N) is 4. The first-order valence-corrected chi connectivity index (χ1v) is 18.1. The number of aryl methyl sites for hydroxylation is 2. The molecule has 0 bridgehead atoms. The van der Waals surface area contributed by atoms with Gasteiger partial charge in [0, 0.05) is 77.1 Å². The Balaban J connectivity index is 0.920. The fraction of sp³-hybridized carbons (Fsp3) is 0.136. The lowest BCUT2D eigenvalue weighted by molar-refractivity contribution is 0.101. The Labute approximate surface area is 329 Å². The molecule has 4 aromatic carbocycles. The zero-order valence-electron chi connectivity index (χ0n) is 31.7. The number of imidazole rings is 1. The molecule has 0 spiro atoms. The van der Waals surface area contributed by atoms with Crippen molar-refractivity contribution in [1.82, 2.24) is 19.7 Å². The minimum Gasteiger partial charge on any atom is -0.457 e. The van der Waals surface area contributed by atoms with Crippen LogP contribution in [-0.2, 0) is 18.9 Å². The number of hydrogen-bond acceptors (Lipinski definition) is 8. The lowest BCUT2D eigenvalue weighted by atomic mass is 9.83. The lowest BCUT2D eigenvalue weighted by Crippen LogP contribution is -2.21. The van der Waals surface area contributed by atoms with Crippen LogP contribution in [-0.4, -0.2) is 37.5 Å². The van der Waals surface area contributed by atoms with Gasteiger partial charge >= 0.3 is 6.03 Å². The van der Waals surface area contributed by atoms with Gasteiger partial charge < -0.3 is 29.8 Å². The van der Waals surface area contributed by atoms with Crippen LogP contribution in [0.25, 0.3) is 11.4 Å². The van der Waals surface area contributed by atoms with Crippen molar-refractivity contribution in [3.05, 3.63) is 162 Å². The molecule has 7 rings (SSSR count). The second kappa shape index (κ2) is 16.4. The monoisotopic (exact) mass is 760 g/mol. The van der Waals surface area contributed by atoms with E-state index in [1.54, 1.807) is 91.4 Å². The van der Waals surface area contributed by atoms with Gasteiger partial charge in [0.05, 0.1) is 0 Å². The summed E-state index contributed by atoms with van der Waals surface area (Å²) in [6.07, 6.45) is 7.45. The molecule has 0 fully saturated rings. The van der Waals surface area contributed by atoms with E-state index < -0.39 is 11.4 Å². The Bertz CT molecular complexity index is 2530. The predicted octanol–water partition coefficient (Wildman–Crippen LogP) is 9.24. The smallest absolute Gasteiger partial charge is 0.324 e. The number of nitrogens with one attached hydrogen (secondary N) is 4. The molecule has 0 atom stereocenters. The van der Waals surface area contributed by atoms with E-state index in [0.29, 0.717) is 51.9 Å². The molecule has 286 valence electrons. The molecule has 0 aliphatic carbocycles. The summed E-state index contributed by atoms with van der Waals surface area (Å²) in [5.74, 6) is 2.31. The molecule has 13 nitrogen and oxygen atoms in total. The second-order valence-electron chi connectivity index (χ2n) is 14.1. The van der Waals surface area contributed by atoms with Crippen molar-refractivity contribution in [2.24, 2.45) is 7.05 Å². The van der Waals surface area contributed by atoms with Crippen molar-refractivity contribution in [1.29, 1.82) is 0 Å². The second-order valence-corrected chi connectivity index (χ2v) is 14.1. The molecular formula is C44H40N8O5. The van der Waals surface area contributed by atoms with Crippen LogP contribution < -0.4 is 26.0 Å². The van der Waals surface area contributed by atoms with Gasteiger partial charge in [-0.25, -0.2) is 9.78 Å². The van der Waals surface area contributed by atoms with Crippen molar-refractivity contribution in [3.63, 3.8) is 0 Å². The molecule has 3 aromatic heterocycles. The molecule has 57 heavy (non-hydrogen) atoms. The van der Waals surface area contributed by atoms with Crippen LogP contribution in [0, 0.1) is 6.92 Å². The molecule has 0 aliphatic rings. The molecule has 13 heteroatoms. The number of benzene rings is 4. The standard InChI is InChI=1S/C44H40N8O5/c1-28-8-11-32(42(54)47-34-7-5-6-31(24-34)40-46-22-23-52(40)4)25-37(28)49-41(53)30-12-9-29(10-13-30)27-44(2,3)38-26-39(51-57-38)50-43(55)48-33-14-16-35(17-15-33)56-36-18-20-45-21-19-36/h5-26H,27H2,1-4H3,(H,47,54)(H,49,53)(H2,48,50,51,55). The summed E-state index contributed by atoms with van der Waals surface area (Å²) in [6.45, 7) is 5.89. The third-order valence-electron chi connectivity index (χ3n) is 9.23. The Morgan fingerprint density at radius 1 is 0.737 bits per heavy atom. The number of anilines is 4. The maximum absolute atomic E-state index is 13.3. The fourth-order valence-electron chi connectivity index (χ4n) is 6.13. The van der Waals surface area contributed by atoms with Crippen LogP contribution in [0.4, 0.5) is 27.7 Å². The lowest BCUT2D eigenvalue weighted by Gasteiger charge is -2.21. The van der Waals surface area contributed by atoms with Gasteiger partial charge in [0.1, 0.15) is 23.1 Å². The van der Waals surface area contributed by atoms with Gasteiger partial charge in [0.15, 0.2) is 5.82 Å². The van der Waals surface area contributed by atoms with E-state index in [0.717, 1.165) is 22.5 Å². The van der Waals surface area contributed by atoms with Gasteiger partial charge in [0.25, 0.3) is 11.8 Å². The van der Waals surface area contributed by atoms with Gasteiger partial charge in [-0.2, -0.15) is 0 Å². The predicted molar refractivity (Wildman–Crippen MR) is 219 cm³/mol. The van der Waals surface area contributed by atoms with Gasteiger partial charge in [-0.15, -0.1) is 0 Å². The highest BCUT2D eigenvalue weighted by Gasteiger charge is 2.27. The molecule has 0 saturated heterocycles. The average molecular weight is 761 g/mol. The number of pyridine rings is 1. The number of hydrogen-bond donors (Lipinski definition) is 4. The van der Waals surface area contributed by atoms with Crippen LogP contribution >= 0.6 is 0 Å². The molecule has 0 radical (unpaired) electrons. The summed E-state index contributed by atoms with van der Waals surface area (Å²) >= 11 is 0. The minimum absolute atomic E-state index is 0.270. The molecule has 7 aromatic rings. The number of aromatic nitrogens is 4. The van der Waals surface area contributed by atoms with Crippen LogP contribution in [0.3, 0.4) is 0 Å². The number of urea groups is 1. The Morgan fingerprint density at radius 3 is 2.19 bits per heavy atom. The van der Waals surface area contributed by atoms with Gasteiger partial charge in [-0.3, -0.25) is 19.9 Å². The van der Waals surface area contributed by atoms with Crippen LogP contribution in [0.1, 0.15) is 51.5 Å². The summed E-state index contributed by atoms with van der Waals surface area (Å²) in [5.41, 5.74) is 4.77. The molecule has 0 saturated carbocycles. The number of rotatable bonds is 12. The molecular weight excluding hydrogens is 721 g/mol. The molecule has 4 N–H and O–H groups in total. The van der Waals surface area contributed by atoms with Crippen LogP contribution in [0.2, 0.25) is 0 Å². The zero-order valence-corrected chi connectivity index (χ0v) is 31.7. The number of amides is 4. The van der Waals surface area contributed by atoms with Gasteiger partial charge in [-0.1, -0.05) is 49.3 Å². The Morgan fingerprint density at radius 2 is 1.46 bits per heavy atom. The highest BCUT2D eigenvalue weighted by Crippen LogP contribution is 2.30. The maximum atomic E-state index is 13.3. The zero-order chi connectivity index (χ0) is 39.9. The summed E-state index contributed by atoms with van der Waals surface area (Å²) in [5, 5.41) is 15.4. The normalized spacial score (nSPS) is 11.1. The first-order chi connectivity index (χ1) is 27.5. The van der Waals surface area contributed by atoms with E-state index >= 15 is 0 Å². The van der Waals surface area contributed by atoms with Crippen LogP contribution in [0.15, 0.2) is 139 Å². The molecule has 3 heterocycles. The van der Waals surface area contributed by atoms with Crippen molar-refractivity contribution < 1.29 is 23.6 Å². The molecule has 0 aliphatic heterocycles. The summed E-state index contributed by atoms with van der Waals surface area (Å²) in [4.78, 5) is 47.6. The van der Waals surface area contributed by atoms with Crippen molar-refractivity contribution >= 4 is 40.7 Å². The Kier molecular flexibility index (Phi) is 10.9. The number of carbonyl (C=O) groups excluding carboxylic acids is 3. The minimum atomic E-state index is -0.491. The van der Waals surface area contributed by atoms with Gasteiger partial charge in [0.2, 0.25) is 0 Å². The fourth-order valence-corrected chi connectivity index (χ4v) is 6.13. The highest BCUT2D eigenvalue weighted by molar-refractivity contribution is 6.08. The summed E-state index contributed by atoms with van der Waals surface area (Å²) < 4.78 is 13.3. The van der Waals surface area contributed by atoms with Crippen molar-refractivity contribution in [2.45, 2.75) is 32.6 Å². The summed E-state index contributed by atoms with van der Waals surface area (Å²) in [7, 11) is 1.91. The molecule has 4 amide bonds. The van der Waals surface area contributed by atoms with E-state index in [1.807, 2.05) is 75.0 Å². The van der Waals surface area contributed by atoms with E-state index in [2.05, 4.69) is 36.4 Å². The van der Waals surface area contributed by atoms with Crippen LogP contribution in [0.5, 0.6) is 11.5 Å². The largest absolute Gasteiger partial charge is 0.457 e. The summed E-state index contributed by atoms with van der Waals surface area (Å²) in [6, 6.07) is 31.7. The van der Waals surface area contributed by atoms with E-state index in [9.17, 15) is 14.4 Å². The highest BCUT2D eigenvalue weighted by atomic mass is 16.5.